The van der Waals surface area contributed by atoms with E-state index in [2.05, 4.69) is 34.6 Å². The number of ether oxygens (including phenoxy) is 3. The number of epoxide rings is 1. The van der Waals surface area contributed by atoms with E-state index >= 15 is 0 Å². The second kappa shape index (κ2) is 24.0. The van der Waals surface area contributed by atoms with Crippen LogP contribution in [0.5, 0.6) is 0 Å². The minimum atomic E-state index is -2.12. The summed E-state index contributed by atoms with van der Waals surface area (Å²) in [4.78, 5) is 0. The van der Waals surface area contributed by atoms with Gasteiger partial charge in [0.1, 0.15) is 0 Å². The van der Waals surface area contributed by atoms with E-state index < -0.39 is 24.4 Å². The monoisotopic (exact) mass is 730 g/mol. The Hall–Kier alpha value is -0.221. The van der Waals surface area contributed by atoms with E-state index in [0.717, 1.165) is 45.1 Å². The van der Waals surface area contributed by atoms with Gasteiger partial charge >= 0.3 is 102 Å². The van der Waals surface area contributed by atoms with Gasteiger partial charge in [-0.2, -0.15) is 0 Å². The van der Waals surface area contributed by atoms with Crippen LogP contribution in [0.2, 0.25) is 13.3 Å². The number of hydrogen-bond acceptors (Lipinski definition) is 6. The van der Waals surface area contributed by atoms with Gasteiger partial charge in [-0.1, -0.05) is 43.7 Å². The van der Waals surface area contributed by atoms with Crippen molar-refractivity contribution < 1.29 is 27.5 Å². The summed E-state index contributed by atoms with van der Waals surface area (Å²) in [5.74, 6) is 0. The fourth-order valence-corrected chi connectivity index (χ4v) is 18.3. The molecule has 0 amide bonds. The summed E-state index contributed by atoms with van der Waals surface area (Å²) in [5, 5.41) is 19.0. The third kappa shape index (κ3) is 19.4. The molecule has 0 aromatic heterocycles. The molecule has 0 spiro atoms. The number of unbranched alkanes of at least 4 members (excludes halogenated alkanes) is 3. The Morgan fingerprint density at radius 3 is 1.98 bits per heavy atom. The van der Waals surface area contributed by atoms with Crippen LogP contribution in [0.3, 0.4) is 0 Å². The van der Waals surface area contributed by atoms with Crippen molar-refractivity contribution in [2.75, 3.05) is 26.9 Å². The van der Waals surface area contributed by atoms with Crippen molar-refractivity contribution in [3.8, 4) is 0 Å². The molecular weight excluding hydrogens is 659 g/mol. The molecule has 2 heterocycles. The van der Waals surface area contributed by atoms with Crippen LogP contribution in [0.25, 0.3) is 0 Å². The fourth-order valence-electron chi connectivity index (χ4n) is 5.89. The van der Waals surface area contributed by atoms with Crippen LogP contribution >= 0.6 is 0 Å². The number of benzene rings is 1. The second-order valence-electron chi connectivity index (χ2n) is 13.6. The van der Waals surface area contributed by atoms with E-state index in [9.17, 15) is 5.11 Å². The van der Waals surface area contributed by atoms with Crippen LogP contribution < -0.4 is 0 Å². The van der Waals surface area contributed by atoms with Crippen molar-refractivity contribution in [2.24, 2.45) is 0 Å². The molecule has 0 saturated carbocycles. The van der Waals surface area contributed by atoms with Gasteiger partial charge in [-0.05, 0) is 57.9 Å². The topological polar surface area (TPSA) is 80.7 Å². The summed E-state index contributed by atoms with van der Waals surface area (Å²) in [6, 6.07) is 10.1. The molecule has 2 aliphatic heterocycles. The van der Waals surface area contributed by atoms with Gasteiger partial charge in [0.25, 0.3) is 0 Å². The summed E-state index contributed by atoms with van der Waals surface area (Å²) in [7, 11) is 2.00. The predicted octanol–water partition coefficient (Wildman–Crippen LogP) is 9.22. The van der Waals surface area contributed by atoms with E-state index in [4.69, 9.17) is 22.4 Å². The zero-order valence-corrected chi connectivity index (χ0v) is 32.6. The Labute approximate surface area is 276 Å². The first kappa shape index (κ1) is 41.8. The number of aliphatic hydroxyl groups excluding tert-OH is 1. The van der Waals surface area contributed by atoms with Crippen molar-refractivity contribution in [2.45, 2.75) is 168 Å². The average molecular weight is 730 g/mol. The maximum atomic E-state index is 10.2. The standard InChI is InChI=1S/C15H22O3.C9H18O2.3C4H9.CH3O.Sn/c1-15(16,8-7-14-12-18-14)9-10-17-11-13-5-3-2-4-6-13;1-3-5-9(2)6-4-8(7-10)11-9;3*1-3-4-2;1-2;/h2-6,14,16H,7-12H2,1H3;8,10H,3-7H2,1-2H3;3*1,3-4H2,2H3;1H3;/q;;;;;-1;+1. The van der Waals surface area contributed by atoms with E-state index in [-0.39, 0.29) is 18.3 Å². The van der Waals surface area contributed by atoms with Gasteiger partial charge in [-0.25, -0.2) is 0 Å². The van der Waals surface area contributed by atoms with Crippen molar-refractivity contribution in [3.05, 3.63) is 35.9 Å². The van der Waals surface area contributed by atoms with Crippen LogP contribution in [-0.2, 0) is 23.9 Å². The molecule has 0 bridgehead atoms. The van der Waals surface area contributed by atoms with Crippen molar-refractivity contribution in [1.82, 2.24) is 0 Å². The van der Waals surface area contributed by atoms with Crippen molar-refractivity contribution in [3.63, 3.8) is 0 Å². The molecule has 3 rings (SSSR count). The Morgan fingerprint density at radius 1 is 0.932 bits per heavy atom. The van der Waals surface area contributed by atoms with E-state index in [0.29, 0.717) is 25.7 Å². The minimum absolute atomic E-state index is 0.0577. The molecule has 1 aromatic rings. The molecule has 2 N–H and O–H groups in total. The summed E-state index contributed by atoms with van der Waals surface area (Å²) in [5.41, 5.74) is 0.591. The number of hydrogen-bond donors (Lipinski definition) is 2. The summed E-state index contributed by atoms with van der Waals surface area (Å²) in [6.45, 7) is 15.3. The predicted molar refractivity (Wildman–Crippen MR) is 187 cm³/mol. The van der Waals surface area contributed by atoms with Gasteiger partial charge < -0.3 is 24.4 Å². The third-order valence-electron chi connectivity index (χ3n) is 9.12. The molecule has 7 heteroatoms. The molecule has 258 valence electrons. The van der Waals surface area contributed by atoms with Crippen LogP contribution in [0.4, 0.5) is 0 Å². The van der Waals surface area contributed by atoms with Crippen molar-refractivity contribution in [1.29, 1.82) is 0 Å². The quantitative estimate of drug-likeness (QED) is 0.0747. The van der Waals surface area contributed by atoms with E-state index in [1.165, 1.54) is 57.4 Å². The molecule has 4 unspecified atom stereocenters. The third-order valence-corrected chi connectivity index (χ3v) is 22.4. The number of rotatable bonds is 21. The van der Waals surface area contributed by atoms with Gasteiger partial charge in [0, 0.05) is 6.61 Å². The van der Waals surface area contributed by atoms with Crippen LogP contribution in [0.15, 0.2) is 30.3 Å². The molecule has 0 aliphatic carbocycles. The maximum absolute atomic E-state index is 10.2. The molecule has 2 fully saturated rings. The summed E-state index contributed by atoms with van der Waals surface area (Å²) < 4.78 is 26.9. The van der Waals surface area contributed by atoms with Crippen molar-refractivity contribution >= 4 is 18.8 Å². The van der Waals surface area contributed by atoms with E-state index in [1.54, 1.807) is 0 Å². The van der Waals surface area contributed by atoms with Gasteiger partial charge in [-0.3, -0.25) is 0 Å². The number of aliphatic hydroxyl groups is 2. The average Bonchev–Trinajstić information content (AvgIpc) is 3.79. The fraction of sp³-hybridized carbons (Fsp3) is 0.838. The molecule has 44 heavy (non-hydrogen) atoms. The van der Waals surface area contributed by atoms with Crippen LogP contribution in [-0.4, -0.2) is 79.3 Å². The van der Waals surface area contributed by atoms with Crippen LogP contribution in [0.1, 0.15) is 131 Å². The van der Waals surface area contributed by atoms with E-state index in [1.807, 2.05) is 44.4 Å². The van der Waals surface area contributed by atoms with Gasteiger partial charge in [0.15, 0.2) is 0 Å². The molecule has 2 aliphatic rings. The van der Waals surface area contributed by atoms with Gasteiger partial charge in [0.05, 0.1) is 43.2 Å². The molecule has 1 aromatic carbocycles. The molecule has 0 radical (unpaired) electrons. The van der Waals surface area contributed by atoms with Gasteiger partial charge in [-0.15, -0.1) is 0 Å². The van der Waals surface area contributed by atoms with Gasteiger partial charge in [0.2, 0.25) is 0 Å². The summed E-state index contributed by atoms with van der Waals surface area (Å²) in [6.07, 6.45) is 15.5. The zero-order chi connectivity index (χ0) is 32.7. The first-order valence-electron chi connectivity index (χ1n) is 17.9. The molecule has 4 atom stereocenters. The Kier molecular flexibility index (Phi) is 22.8. The Bertz CT molecular complexity index is 781. The first-order valence-corrected chi connectivity index (χ1v) is 25.1. The molecule has 2 saturated heterocycles. The zero-order valence-electron chi connectivity index (χ0n) is 29.7. The Balaban J connectivity index is 0.000000340. The normalized spacial score (nSPS) is 22.4. The summed E-state index contributed by atoms with van der Waals surface area (Å²) >= 11 is -2.12. The Morgan fingerprint density at radius 2 is 1.52 bits per heavy atom. The molecule has 6 nitrogen and oxygen atoms in total. The molecular formula is C37H70O6Sn. The van der Waals surface area contributed by atoms with Crippen LogP contribution in [0, 0.1) is 0 Å². The second-order valence-corrected chi connectivity index (χ2v) is 25.8. The first-order chi connectivity index (χ1) is 21.1. The SMILES string of the molecule is CC(O)(CCOCc1ccccc1)CCC1CO1.CCCC1(C)CCC(CO)O1.CCC[CH2][Sn]([CH2]CCC)([CH2]CCC)[O]C.